The molecule has 0 unspecified atom stereocenters. The number of hydrogen-bond donors (Lipinski definition) is 2. The minimum Gasteiger partial charge on any atom is -0.322 e. The van der Waals surface area contributed by atoms with Gasteiger partial charge in [-0.2, -0.15) is 0 Å². The summed E-state index contributed by atoms with van der Waals surface area (Å²) in [5, 5.41) is 4.03. The maximum atomic E-state index is 11.9. The smallest absolute Gasteiger partial charge is 0.282 e. The van der Waals surface area contributed by atoms with E-state index in [4.69, 9.17) is 0 Å². The second-order valence-electron chi connectivity index (χ2n) is 3.99. The molecule has 0 radical (unpaired) electrons. The Morgan fingerprint density at radius 2 is 1.78 bits per heavy atom. The lowest BCUT2D eigenvalue weighted by Crippen LogP contribution is -2.41. The Morgan fingerprint density at radius 1 is 1.17 bits per heavy atom. The zero-order valence-electron chi connectivity index (χ0n) is 10.7. The van der Waals surface area contributed by atoms with Crippen molar-refractivity contribution in [1.29, 1.82) is 0 Å². The number of amides is 2. The number of nitrogens with zero attached hydrogens (tertiary/aromatic N) is 1. The molecule has 0 heterocycles. The summed E-state index contributed by atoms with van der Waals surface area (Å²) in [6, 6.07) is 9.31. The monoisotopic (exact) mass is 247 g/mol. The minimum absolute atomic E-state index is 0.211. The van der Waals surface area contributed by atoms with E-state index in [0.29, 0.717) is 0 Å². The SMILES string of the molecule is CC(=O)N/C(=C\c1ccccc1)C(=O)NN(C)C. The molecule has 0 aliphatic heterocycles. The van der Waals surface area contributed by atoms with E-state index in [0.717, 1.165) is 5.56 Å². The molecular weight excluding hydrogens is 230 g/mol. The summed E-state index contributed by atoms with van der Waals surface area (Å²) in [5.41, 5.74) is 3.63. The Labute approximate surface area is 106 Å². The van der Waals surface area contributed by atoms with E-state index in [1.54, 1.807) is 20.2 Å². The van der Waals surface area contributed by atoms with Gasteiger partial charge in [0.05, 0.1) is 0 Å². The highest BCUT2D eigenvalue weighted by molar-refractivity contribution is 6.00. The predicted octanol–water partition coefficient (Wildman–Crippen LogP) is 0.756. The number of benzene rings is 1. The van der Waals surface area contributed by atoms with Gasteiger partial charge in [0.2, 0.25) is 5.91 Å². The molecule has 0 fully saturated rings. The molecule has 1 aromatic rings. The van der Waals surface area contributed by atoms with E-state index >= 15 is 0 Å². The van der Waals surface area contributed by atoms with Crippen LogP contribution in [0.3, 0.4) is 0 Å². The van der Waals surface area contributed by atoms with Gasteiger partial charge >= 0.3 is 0 Å². The minimum atomic E-state index is -0.362. The van der Waals surface area contributed by atoms with E-state index in [9.17, 15) is 9.59 Å². The van der Waals surface area contributed by atoms with E-state index in [1.807, 2.05) is 30.3 Å². The molecular formula is C13H17N3O2. The van der Waals surface area contributed by atoms with Gasteiger partial charge in [0, 0.05) is 21.0 Å². The van der Waals surface area contributed by atoms with Gasteiger partial charge in [0.15, 0.2) is 0 Å². The van der Waals surface area contributed by atoms with Gasteiger partial charge in [-0.3, -0.25) is 15.0 Å². The Morgan fingerprint density at radius 3 is 2.28 bits per heavy atom. The third kappa shape index (κ3) is 4.80. The molecule has 0 saturated carbocycles. The standard InChI is InChI=1S/C13H17N3O2/c1-10(17)14-12(13(18)15-16(2)3)9-11-7-5-4-6-8-11/h4-9H,1-3H3,(H,14,17)(H,15,18)/b12-9-. The largest absolute Gasteiger partial charge is 0.322 e. The molecule has 0 atom stereocenters. The predicted molar refractivity (Wildman–Crippen MR) is 70.1 cm³/mol. The Bertz CT molecular complexity index is 453. The lowest BCUT2D eigenvalue weighted by molar-refractivity contribution is -0.124. The number of carbonyl (C=O) groups is 2. The van der Waals surface area contributed by atoms with E-state index < -0.39 is 0 Å². The normalized spacial score (nSPS) is 11.2. The number of nitrogens with one attached hydrogen (secondary N) is 2. The molecule has 0 bridgehead atoms. The first kappa shape index (κ1) is 13.9. The van der Waals surface area contributed by atoms with Gasteiger partial charge < -0.3 is 5.32 Å². The van der Waals surface area contributed by atoms with Crippen molar-refractivity contribution in [2.45, 2.75) is 6.92 Å². The number of carbonyl (C=O) groups excluding carboxylic acids is 2. The molecule has 1 rings (SSSR count). The van der Waals surface area contributed by atoms with Gasteiger partial charge in [-0.25, -0.2) is 5.01 Å². The van der Waals surface area contributed by atoms with Crippen molar-refractivity contribution >= 4 is 17.9 Å². The summed E-state index contributed by atoms with van der Waals surface area (Å²) in [5.74, 6) is -0.648. The first-order valence-corrected chi connectivity index (χ1v) is 5.51. The van der Waals surface area contributed by atoms with Crippen LogP contribution in [0.1, 0.15) is 12.5 Å². The van der Waals surface area contributed by atoms with Crippen molar-refractivity contribution in [2.24, 2.45) is 0 Å². The van der Waals surface area contributed by atoms with Crippen LogP contribution in [-0.2, 0) is 9.59 Å². The van der Waals surface area contributed by atoms with Gasteiger partial charge in [0.1, 0.15) is 5.70 Å². The van der Waals surface area contributed by atoms with Crippen LogP contribution in [-0.4, -0.2) is 30.9 Å². The molecule has 5 nitrogen and oxygen atoms in total. The summed E-state index contributed by atoms with van der Waals surface area (Å²) in [4.78, 5) is 22.9. The quantitative estimate of drug-likeness (QED) is 0.610. The number of hydrogen-bond acceptors (Lipinski definition) is 3. The number of rotatable bonds is 4. The van der Waals surface area contributed by atoms with Crippen molar-refractivity contribution in [3.63, 3.8) is 0 Å². The lowest BCUT2D eigenvalue weighted by atomic mass is 10.2. The molecule has 0 saturated heterocycles. The maximum absolute atomic E-state index is 11.9. The summed E-state index contributed by atoms with van der Waals surface area (Å²) in [7, 11) is 3.40. The molecule has 5 heteroatoms. The first-order valence-electron chi connectivity index (χ1n) is 5.51. The van der Waals surface area contributed by atoms with Crippen LogP contribution >= 0.6 is 0 Å². The van der Waals surface area contributed by atoms with Crippen molar-refractivity contribution in [1.82, 2.24) is 15.8 Å². The van der Waals surface area contributed by atoms with E-state index in [2.05, 4.69) is 10.7 Å². The zero-order chi connectivity index (χ0) is 13.5. The van der Waals surface area contributed by atoms with Crippen LogP contribution in [0.2, 0.25) is 0 Å². The van der Waals surface area contributed by atoms with Gasteiger partial charge in [0.25, 0.3) is 5.91 Å². The van der Waals surface area contributed by atoms with Crippen LogP contribution in [0.4, 0.5) is 0 Å². The average molecular weight is 247 g/mol. The fraction of sp³-hybridized carbons (Fsp3) is 0.231. The van der Waals surface area contributed by atoms with Crippen LogP contribution in [0.5, 0.6) is 0 Å². The van der Waals surface area contributed by atoms with Crippen LogP contribution in [0.15, 0.2) is 36.0 Å². The number of hydrazine groups is 1. The van der Waals surface area contributed by atoms with E-state index in [-0.39, 0.29) is 17.5 Å². The van der Waals surface area contributed by atoms with Crippen LogP contribution in [0.25, 0.3) is 6.08 Å². The second-order valence-corrected chi connectivity index (χ2v) is 3.99. The van der Waals surface area contributed by atoms with E-state index in [1.165, 1.54) is 11.9 Å². The summed E-state index contributed by atoms with van der Waals surface area (Å²) >= 11 is 0. The summed E-state index contributed by atoms with van der Waals surface area (Å²) in [6.07, 6.45) is 1.63. The molecule has 0 aromatic heterocycles. The highest BCUT2D eigenvalue weighted by Crippen LogP contribution is 2.05. The second kappa shape index (κ2) is 6.56. The molecule has 18 heavy (non-hydrogen) atoms. The van der Waals surface area contributed by atoms with Crippen LogP contribution in [0, 0.1) is 0 Å². The summed E-state index contributed by atoms with van der Waals surface area (Å²) < 4.78 is 0. The average Bonchev–Trinajstić information content (AvgIpc) is 2.28. The Balaban J connectivity index is 2.94. The molecule has 0 aliphatic rings. The highest BCUT2D eigenvalue weighted by atomic mass is 16.2. The van der Waals surface area contributed by atoms with Crippen molar-refractivity contribution in [2.75, 3.05) is 14.1 Å². The fourth-order valence-electron chi connectivity index (χ4n) is 1.33. The maximum Gasteiger partial charge on any atom is 0.282 e. The molecule has 0 aliphatic carbocycles. The Hall–Kier alpha value is -2.14. The lowest BCUT2D eigenvalue weighted by Gasteiger charge is -2.14. The highest BCUT2D eigenvalue weighted by Gasteiger charge is 2.11. The molecule has 1 aromatic carbocycles. The van der Waals surface area contributed by atoms with Crippen LogP contribution < -0.4 is 10.7 Å². The fourth-order valence-corrected chi connectivity index (χ4v) is 1.33. The molecule has 0 spiro atoms. The third-order valence-electron chi connectivity index (χ3n) is 1.99. The first-order chi connectivity index (χ1) is 8.49. The van der Waals surface area contributed by atoms with Gasteiger partial charge in [-0.05, 0) is 11.6 Å². The van der Waals surface area contributed by atoms with Crippen molar-refractivity contribution < 1.29 is 9.59 Å². The summed E-state index contributed by atoms with van der Waals surface area (Å²) in [6.45, 7) is 1.36. The topological polar surface area (TPSA) is 61.4 Å². The molecule has 96 valence electrons. The zero-order valence-corrected chi connectivity index (χ0v) is 10.7. The van der Waals surface area contributed by atoms with Crippen molar-refractivity contribution in [3.8, 4) is 0 Å². The van der Waals surface area contributed by atoms with Gasteiger partial charge in [-0.15, -0.1) is 0 Å². The Kier molecular flexibility index (Phi) is 5.07. The molecule has 2 amide bonds. The van der Waals surface area contributed by atoms with Crippen molar-refractivity contribution in [3.05, 3.63) is 41.6 Å². The third-order valence-corrected chi connectivity index (χ3v) is 1.99. The van der Waals surface area contributed by atoms with Gasteiger partial charge in [-0.1, -0.05) is 30.3 Å². The molecule has 2 N–H and O–H groups in total.